The normalized spacial score (nSPS) is 13.2. The van der Waals surface area contributed by atoms with E-state index >= 15 is 0 Å². The van der Waals surface area contributed by atoms with E-state index in [-0.39, 0.29) is 12.5 Å². The molecule has 0 radical (unpaired) electrons. The average Bonchev–Trinajstić information content (AvgIpc) is 2.49. The van der Waals surface area contributed by atoms with Gasteiger partial charge >= 0.3 is 0 Å². The Labute approximate surface area is 122 Å². The summed E-state index contributed by atoms with van der Waals surface area (Å²) in [5.41, 5.74) is 6.92. The molecule has 0 amide bonds. The zero-order valence-corrected chi connectivity index (χ0v) is 12.4. The van der Waals surface area contributed by atoms with Gasteiger partial charge in [0, 0.05) is 12.5 Å². The fourth-order valence-electron chi connectivity index (χ4n) is 2.03. The van der Waals surface area contributed by atoms with E-state index < -0.39 is 0 Å². The summed E-state index contributed by atoms with van der Waals surface area (Å²) >= 11 is 0. The first-order valence-electron chi connectivity index (χ1n) is 7.47. The molecule has 1 aromatic rings. The monoisotopic (exact) mass is 277 g/mol. The smallest absolute Gasteiger partial charge is 0.188 e. The van der Waals surface area contributed by atoms with E-state index in [0.717, 1.165) is 18.5 Å². The molecule has 0 aliphatic rings. The number of guanidine groups is 1. The lowest BCUT2D eigenvalue weighted by Crippen LogP contribution is -2.33. The summed E-state index contributed by atoms with van der Waals surface area (Å²) in [4.78, 5) is 4.31. The fraction of sp³-hybridized carbons (Fsp3) is 0.562. The molecule has 4 nitrogen and oxygen atoms in total. The molecule has 1 unspecified atom stereocenters. The van der Waals surface area contributed by atoms with Crippen LogP contribution in [0.15, 0.2) is 35.3 Å². The number of benzene rings is 1. The first-order chi connectivity index (χ1) is 9.77. The van der Waals surface area contributed by atoms with Crippen molar-refractivity contribution in [3.63, 3.8) is 0 Å². The lowest BCUT2D eigenvalue weighted by atomic mass is 10.0. The van der Waals surface area contributed by atoms with E-state index in [9.17, 15) is 5.11 Å². The van der Waals surface area contributed by atoms with Gasteiger partial charge in [0.05, 0.1) is 13.2 Å². The van der Waals surface area contributed by atoms with Crippen LogP contribution in [0.1, 0.15) is 44.1 Å². The van der Waals surface area contributed by atoms with Crippen molar-refractivity contribution in [2.75, 3.05) is 19.7 Å². The molecule has 0 heterocycles. The second-order valence-electron chi connectivity index (χ2n) is 5.00. The van der Waals surface area contributed by atoms with Gasteiger partial charge in [0.2, 0.25) is 0 Å². The van der Waals surface area contributed by atoms with Crippen molar-refractivity contribution in [1.82, 2.24) is 5.32 Å². The van der Waals surface area contributed by atoms with Gasteiger partial charge in [-0.15, -0.1) is 0 Å². The maximum atomic E-state index is 9.44. The Morgan fingerprint density at radius 2 is 2.00 bits per heavy atom. The van der Waals surface area contributed by atoms with Crippen LogP contribution >= 0.6 is 0 Å². The standard InChI is InChI=1S/C16H27N3O/c1-2-3-4-8-11-18-16(17)19-12-15(13-20)14-9-6-5-7-10-14/h5-7,9-10,15,20H,2-4,8,11-13H2,1H3,(H3,17,18,19). The second-order valence-corrected chi connectivity index (χ2v) is 5.00. The van der Waals surface area contributed by atoms with E-state index in [2.05, 4.69) is 17.2 Å². The Bertz CT molecular complexity index is 379. The molecule has 1 atom stereocenters. The van der Waals surface area contributed by atoms with Crippen LogP contribution in [0, 0.1) is 0 Å². The molecule has 4 heteroatoms. The lowest BCUT2D eigenvalue weighted by molar-refractivity contribution is 0.268. The van der Waals surface area contributed by atoms with Crippen molar-refractivity contribution in [1.29, 1.82) is 0 Å². The molecular formula is C16H27N3O. The zero-order chi connectivity index (χ0) is 14.6. The highest BCUT2D eigenvalue weighted by Crippen LogP contribution is 2.14. The summed E-state index contributed by atoms with van der Waals surface area (Å²) in [5, 5.41) is 12.6. The van der Waals surface area contributed by atoms with Crippen LogP contribution < -0.4 is 11.1 Å². The Morgan fingerprint density at radius 3 is 2.65 bits per heavy atom. The van der Waals surface area contributed by atoms with Gasteiger partial charge in [-0.3, -0.25) is 4.99 Å². The van der Waals surface area contributed by atoms with E-state index in [1.807, 2.05) is 30.3 Å². The van der Waals surface area contributed by atoms with E-state index in [1.54, 1.807) is 0 Å². The van der Waals surface area contributed by atoms with Crippen LogP contribution in [-0.4, -0.2) is 30.8 Å². The van der Waals surface area contributed by atoms with Crippen molar-refractivity contribution in [2.45, 2.75) is 38.5 Å². The highest BCUT2D eigenvalue weighted by Gasteiger charge is 2.09. The molecule has 20 heavy (non-hydrogen) atoms. The molecular weight excluding hydrogens is 250 g/mol. The van der Waals surface area contributed by atoms with Gasteiger partial charge in [-0.1, -0.05) is 56.5 Å². The highest BCUT2D eigenvalue weighted by molar-refractivity contribution is 5.77. The van der Waals surface area contributed by atoms with Crippen molar-refractivity contribution >= 4 is 5.96 Å². The fourth-order valence-corrected chi connectivity index (χ4v) is 2.03. The van der Waals surface area contributed by atoms with Crippen molar-refractivity contribution in [2.24, 2.45) is 10.7 Å². The molecule has 1 rings (SSSR count). The maximum absolute atomic E-state index is 9.44. The summed E-state index contributed by atoms with van der Waals surface area (Å²) in [6, 6.07) is 9.91. The number of aliphatic hydroxyl groups excluding tert-OH is 1. The Hall–Kier alpha value is -1.55. The van der Waals surface area contributed by atoms with Crippen LogP contribution in [0.5, 0.6) is 0 Å². The molecule has 0 aliphatic heterocycles. The average molecular weight is 277 g/mol. The third-order valence-electron chi connectivity index (χ3n) is 3.31. The van der Waals surface area contributed by atoms with Crippen LogP contribution in [0.25, 0.3) is 0 Å². The van der Waals surface area contributed by atoms with Crippen molar-refractivity contribution in [3.8, 4) is 0 Å². The molecule has 0 aromatic heterocycles. The Balaban J connectivity index is 2.33. The predicted molar refractivity (Wildman–Crippen MR) is 84.9 cm³/mol. The number of aliphatic imine (C=N–C) groups is 1. The first kappa shape index (κ1) is 16.5. The van der Waals surface area contributed by atoms with Crippen LogP contribution in [0.2, 0.25) is 0 Å². The van der Waals surface area contributed by atoms with Gasteiger partial charge in [-0.2, -0.15) is 0 Å². The zero-order valence-electron chi connectivity index (χ0n) is 12.4. The molecule has 1 aromatic carbocycles. The molecule has 0 aliphatic carbocycles. The van der Waals surface area contributed by atoms with Gasteiger partial charge in [0.25, 0.3) is 0 Å². The molecule has 0 spiro atoms. The summed E-state index contributed by atoms with van der Waals surface area (Å²) in [6.07, 6.45) is 4.84. The lowest BCUT2D eigenvalue weighted by Gasteiger charge is -2.12. The number of hydrogen-bond acceptors (Lipinski definition) is 2. The van der Waals surface area contributed by atoms with E-state index in [0.29, 0.717) is 12.5 Å². The second kappa shape index (κ2) is 10.3. The maximum Gasteiger partial charge on any atom is 0.188 e. The third kappa shape index (κ3) is 6.57. The number of rotatable bonds is 9. The van der Waals surface area contributed by atoms with Gasteiger partial charge in [-0.05, 0) is 12.0 Å². The number of hydrogen-bond donors (Lipinski definition) is 3. The number of nitrogens with two attached hydrogens (primary N) is 1. The minimum Gasteiger partial charge on any atom is -0.396 e. The number of nitrogens with one attached hydrogen (secondary N) is 1. The Morgan fingerprint density at radius 1 is 1.25 bits per heavy atom. The van der Waals surface area contributed by atoms with Gasteiger partial charge in [0.15, 0.2) is 5.96 Å². The van der Waals surface area contributed by atoms with Gasteiger partial charge in [-0.25, -0.2) is 0 Å². The molecule has 0 saturated heterocycles. The summed E-state index contributed by atoms with van der Waals surface area (Å²) in [5.74, 6) is 0.479. The van der Waals surface area contributed by atoms with Crippen LogP contribution in [-0.2, 0) is 0 Å². The Kier molecular flexibility index (Phi) is 8.47. The molecule has 0 bridgehead atoms. The third-order valence-corrected chi connectivity index (χ3v) is 3.31. The SMILES string of the molecule is CCCCCCNC(N)=NCC(CO)c1ccccc1. The minimum atomic E-state index is 0.0108. The largest absolute Gasteiger partial charge is 0.396 e. The molecule has 4 N–H and O–H groups in total. The first-order valence-corrected chi connectivity index (χ1v) is 7.47. The van der Waals surface area contributed by atoms with Crippen molar-refractivity contribution in [3.05, 3.63) is 35.9 Å². The number of unbranched alkanes of at least 4 members (excludes halogenated alkanes) is 3. The molecule has 112 valence electrons. The topological polar surface area (TPSA) is 70.6 Å². The van der Waals surface area contributed by atoms with Crippen LogP contribution in [0.4, 0.5) is 0 Å². The van der Waals surface area contributed by atoms with E-state index in [1.165, 1.54) is 19.3 Å². The molecule has 0 saturated carbocycles. The highest BCUT2D eigenvalue weighted by atomic mass is 16.3. The molecule has 0 fully saturated rings. The quantitative estimate of drug-likeness (QED) is 0.368. The summed E-state index contributed by atoms with van der Waals surface area (Å²) in [6.45, 7) is 3.65. The minimum absolute atomic E-state index is 0.0108. The predicted octanol–water partition coefficient (Wildman–Crippen LogP) is 2.25. The van der Waals surface area contributed by atoms with Crippen molar-refractivity contribution < 1.29 is 5.11 Å². The van der Waals surface area contributed by atoms with Gasteiger partial charge < -0.3 is 16.2 Å². The summed E-state index contributed by atoms with van der Waals surface area (Å²) < 4.78 is 0. The summed E-state index contributed by atoms with van der Waals surface area (Å²) in [7, 11) is 0. The van der Waals surface area contributed by atoms with Gasteiger partial charge in [0.1, 0.15) is 0 Å². The van der Waals surface area contributed by atoms with Crippen LogP contribution in [0.3, 0.4) is 0 Å². The number of aliphatic hydroxyl groups is 1. The number of nitrogens with zero attached hydrogens (tertiary/aromatic N) is 1. The van der Waals surface area contributed by atoms with E-state index in [4.69, 9.17) is 5.73 Å².